The maximum Gasteiger partial charge on any atom is 0.419 e. The fourth-order valence-electron chi connectivity index (χ4n) is 6.17. The molecule has 9 nitrogen and oxygen atoms in total. The van der Waals surface area contributed by atoms with Gasteiger partial charge in [-0.2, -0.15) is 13.2 Å². The van der Waals surface area contributed by atoms with Crippen LogP contribution < -0.4 is 15.0 Å². The number of halogens is 5. The number of aliphatic carboxylic acids is 1. The first-order valence-corrected chi connectivity index (χ1v) is 16.4. The van der Waals surface area contributed by atoms with Crippen LogP contribution in [0, 0.1) is 11.8 Å². The van der Waals surface area contributed by atoms with E-state index >= 15 is 0 Å². The molecule has 3 heterocycles. The SMILES string of the molecule is COc1ccc(-c2nc(NC(=O)c3cnc(N4CCC(C(=O)O)CC4)cn3)sc2CCCC2CCCC(F)(F)CC2)cc1C(F)(F)F. The van der Waals surface area contributed by atoms with Gasteiger partial charge in [0.15, 0.2) is 5.13 Å². The molecule has 2 fully saturated rings. The van der Waals surface area contributed by atoms with Crippen molar-refractivity contribution in [1.29, 1.82) is 0 Å². The van der Waals surface area contributed by atoms with Gasteiger partial charge in [-0.1, -0.05) is 12.8 Å². The van der Waals surface area contributed by atoms with Crippen LogP contribution in [0.4, 0.5) is 32.9 Å². The Morgan fingerprint density at radius 1 is 1.11 bits per heavy atom. The maximum atomic E-state index is 13.8. The smallest absolute Gasteiger partial charge is 0.419 e. The van der Waals surface area contributed by atoms with Gasteiger partial charge in [0.1, 0.15) is 17.3 Å². The van der Waals surface area contributed by atoms with Crippen LogP contribution in [0.2, 0.25) is 0 Å². The molecule has 1 saturated heterocycles. The Balaban J connectivity index is 1.32. The lowest BCUT2D eigenvalue weighted by atomic mass is 9.93. The zero-order valence-electron chi connectivity index (χ0n) is 25.8. The number of thiazole rings is 1. The van der Waals surface area contributed by atoms with Gasteiger partial charge in [-0.3, -0.25) is 14.9 Å². The van der Waals surface area contributed by atoms with E-state index in [0.717, 1.165) is 24.5 Å². The first-order valence-electron chi connectivity index (χ1n) is 15.6. The molecule has 1 aliphatic heterocycles. The number of alkyl halides is 5. The topological polar surface area (TPSA) is 118 Å². The highest BCUT2D eigenvalue weighted by Gasteiger charge is 2.35. The molecule has 2 aromatic heterocycles. The number of methoxy groups -OCH3 is 1. The predicted octanol–water partition coefficient (Wildman–Crippen LogP) is 7.72. The number of aryl methyl sites for hydroxylation is 1. The van der Waals surface area contributed by atoms with Crippen LogP contribution in [0.5, 0.6) is 5.75 Å². The summed E-state index contributed by atoms with van der Waals surface area (Å²) in [5, 5.41) is 12.1. The first-order chi connectivity index (χ1) is 22.3. The number of hydrogen-bond donors (Lipinski definition) is 2. The van der Waals surface area contributed by atoms with E-state index in [1.54, 1.807) is 0 Å². The van der Waals surface area contributed by atoms with E-state index < -0.39 is 35.5 Å². The van der Waals surface area contributed by atoms with Crippen molar-refractivity contribution in [2.24, 2.45) is 11.8 Å². The molecule has 0 bridgehead atoms. The molecular formula is C32H36F5N5O4S. The second-order valence-electron chi connectivity index (χ2n) is 12.1. The number of carbonyl (C=O) groups excluding carboxylic acids is 1. The number of ether oxygens (including phenoxy) is 1. The Morgan fingerprint density at radius 3 is 2.53 bits per heavy atom. The van der Waals surface area contributed by atoms with Crippen molar-refractivity contribution in [2.45, 2.75) is 76.3 Å². The fourth-order valence-corrected chi connectivity index (χ4v) is 7.19. The van der Waals surface area contributed by atoms with E-state index in [9.17, 15) is 36.6 Å². The summed E-state index contributed by atoms with van der Waals surface area (Å²) in [5.74, 6) is -4.14. The molecule has 1 unspecified atom stereocenters. The molecule has 1 saturated carbocycles. The number of carbonyl (C=O) groups is 2. The van der Waals surface area contributed by atoms with Gasteiger partial charge in [0.05, 0.1) is 36.7 Å². The van der Waals surface area contributed by atoms with Crippen LogP contribution >= 0.6 is 11.3 Å². The van der Waals surface area contributed by atoms with Gasteiger partial charge in [0.25, 0.3) is 5.91 Å². The molecule has 15 heteroatoms. The minimum absolute atomic E-state index is 0.00134. The van der Waals surface area contributed by atoms with Crippen molar-refractivity contribution in [1.82, 2.24) is 15.0 Å². The Bertz CT molecular complexity index is 1560. The monoisotopic (exact) mass is 681 g/mol. The number of benzene rings is 1. The average molecular weight is 682 g/mol. The Labute approximate surface area is 272 Å². The van der Waals surface area contributed by atoms with Gasteiger partial charge in [-0.25, -0.2) is 23.7 Å². The number of amides is 1. The number of carboxylic acid groups (broad SMARTS) is 1. The van der Waals surface area contributed by atoms with Crippen LogP contribution in [-0.2, 0) is 17.4 Å². The highest BCUT2D eigenvalue weighted by molar-refractivity contribution is 7.16. The molecule has 2 N–H and O–H groups in total. The van der Waals surface area contributed by atoms with Crippen LogP contribution in [-0.4, -0.2) is 58.1 Å². The molecule has 254 valence electrons. The third-order valence-electron chi connectivity index (χ3n) is 8.82. The number of nitrogens with zero attached hydrogens (tertiary/aromatic N) is 4. The quantitative estimate of drug-likeness (QED) is 0.165. The zero-order chi connectivity index (χ0) is 33.8. The fraction of sp³-hybridized carbons (Fsp3) is 0.531. The molecule has 0 spiro atoms. The number of anilines is 2. The second kappa shape index (κ2) is 14.5. The minimum atomic E-state index is -4.67. The average Bonchev–Trinajstić information content (AvgIpc) is 3.35. The van der Waals surface area contributed by atoms with Crippen molar-refractivity contribution in [3.05, 3.63) is 46.7 Å². The summed E-state index contributed by atoms with van der Waals surface area (Å²) in [6, 6.07) is 3.68. The Kier molecular flexibility index (Phi) is 10.6. The van der Waals surface area contributed by atoms with Gasteiger partial charge < -0.3 is 14.7 Å². The summed E-state index contributed by atoms with van der Waals surface area (Å²) in [5.41, 5.74) is -0.461. The van der Waals surface area contributed by atoms with Crippen molar-refractivity contribution in [3.8, 4) is 17.0 Å². The van der Waals surface area contributed by atoms with Crippen LogP contribution in [0.15, 0.2) is 30.6 Å². The third kappa shape index (κ3) is 8.73. The second-order valence-corrected chi connectivity index (χ2v) is 13.1. The highest BCUT2D eigenvalue weighted by atomic mass is 32.1. The predicted molar refractivity (Wildman–Crippen MR) is 166 cm³/mol. The molecule has 0 radical (unpaired) electrons. The molecule has 1 aromatic carbocycles. The van der Waals surface area contributed by atoms with Gasteiger partial charge in [-0.05, 0) is 62.6 Å². The van der Waals surface area contributed by atoms with E-state index in [0.29, 0.717) is 75.2 Å². The lowest BCUT2D eigenvalue weighted by Crippen LogP contribution is -2.36. The van der Waals surface area contributed by atoms with Crippen LogP contribution in [0.25, 0.3) is 11.3 Å². The first kappa shape index (κ1) is 34.5. The number of piperidine rings is 1. The number of rotatable bonds is 10. The summed E-state index contributed by atoms with van der Waals surface area (Å²) >= 11 is 1.14. The van der Waals surface area contributed by atoms with Crippen molar-refractivity contribution in [2.75, 3.05) is 30.4 Å². The van der Waals surface area contributed by atoms with Crippen molar-refractivity contribution in [3.63, 3.8) is 0 Å². The number of aromatic nitrogens is 3. The third-order valence-corrected chi connectivity index (χ3v) is 9.86. The number of carboxylic acids is 1. The van der Waals surface area contributed by atoms with E-state index in [4.69, 9.17) is 4.74 Å². The number of nitrogens with one attached hydrogen (secondary N) is 1. The van der Waals surface area contributed by atoms with Gasteiger partial charge >= 0.3 is 12.1 Å². The molecule has 1 atom stereocenters. The summed E-state index contributed by atoms with van der Waals surface area (Å²) < 4.78 is 74.2. The molecule has 47 heavy (non-hydrogen) atoms. The van der Waals surface area contributed by atoms with E-state index in [2.05, 4.69) is 20.3 Å². The lowest BCUT2D eigenvalue weighted by molar-refractivity contribution is -0.142. The van der Waals surface area contributed by atoms with Crippen molar-refractivity contribution < 1.29 is 41.4 Å². The van der Waals surface area contributed by atoms with Crippen molar-refractivity contribution >= 4 is 34.2 Å². The molecule has 1 aliphatic carbocycles. The van der Waals surface area contributed by atoms with Gasteiger partial charge in [0.2, 0.25) is 5.92 Å². The highest BCUT2D eigenvalue weighted by Crippen LogP contribution is 2.41. The minimum Gasteiger partial charge on any atom is -0.496 e. The summed E-state index contributed by atoms with van der Waals surface area (Å²) in [6.07, 6.45) is 2.13. The Hall–Kier alpha value is -3.88. The zero-order valence-corrected chi connectivity index (χ0v) is 26.6. The Morgan fingerprint density at radius 2 is 1.87 bits per heavy atom. The molecular weight excluding hydrogens is 645 g/mol. The van der Waals surface area contributed by atoms with Gasteiger partial charge in [0, 0.05) is 36.4 Å². The summed E-state index contributed by atoms with van der Waals surface area (Å²) in [7, 11) is 1.16. The summed E-state index contributed by atoms with van der Waals surface area (Å²) in [4.78, 5) is 39.9. The van der Waals surface area contributed by atoms with E-state index in [1.165, 1.54) is 24.5 Å². The molecule has 3 aromatic rings. The van der Waals surface area contributed by atoms with Gasteiger partial charge in [-0.15, -0.1) is 11.3 Å². The maximum absolute atomic E-state index is 13.8. The van der Waals surface area contributed by atoms with E-state index in [-0.39, 0.29) is 46.6 Å². The van der Waals surface area contributed by atoms with Crippen LogP contribution in [0.3, 0.4) is 0 Å². The van der Waals surface area contributed by atoms with Crippen LogP contribution in [0.1, 0.15) is 78.7 Å². The van der Waals surface area contributed by atoms with E-state index in [1.807, 2.05) is 4.90 Å². The number of hydrogen-bond acceptors (Lipinski definition) is 8. The summed E-state index contributed by atoms with van der Waals surface area (Å²) in [6.45, 7) is 0.993. The normalized spacial score (nSPS) is 18.9. The molecule has 1 amide bonds. The molecule has 5 rings (SSSR count). The standard InChI is InChI=1S/C32H36F5N5O4S/c1-46-24-8-7-21(16-22(24)32(35,36)37)27-25(6-2-4-19-5-3-12-31(33,34)13-9-19)47-30(40-27)41-28(43)23-17-39-26(18-38-23)42-14-10-20(11-15-42)29(44)45/h7-8,16-20H,2-6,9-15H2,1H3,(H,44,45)(H,40,41,43). The lowest BCUT2D eigenvalue weighted by Gasteiger charge is -2.30. The molecule has 2 aliphatic rings. The largest absolute Gasteiger partial charge is 0.496 e.